The Morgan fingerprint density at radius 1 is 1.44 bits per heavy atom. The van der Waals surface area contributed by atoms with Crippen molar-refractivity contribution in [1.82, 2.24) is 5.32 Å². The highest BCUT2D eigenvalue weighted by Crippen LogP contribution is 2.39. The van der Waals surface area contributed by atoms with Crippen LogP contribution in [0.15, 0.2) is 18.2 Å². The number of anilines is 1. The molecule has 0 radical (unpaired) electrons. The Hall–Kier alpha value is -2.43. The van der Waals surface area contributed by atoms with Crippen molar-refractivity contribution in [3.63, 3.8) is 0 Å². The van der Waals surface area contributed by atoms with E-state index in [2.05, 4.69) is 23.6 Å². The molecule has 140 valence electrons. The Kier molecular flexibility index (Phi) is 5.78. The lowest BCUT2D eigenvalue weighted by Crippen LogP contribution is -2.34. The molecule has 0 aliphatic heterocycles. The van der Waals surface area contributed by atoms with E-state index >= 15 is 0 Å². The van der Waals surface area contributed by atoms with Gasteiger partial charge in [-0.15, -0.1) is 11.3 Å². The number of nitriles is 1. The minimum Gasteiger partial charge on any atom is -0.496 e. The van der Waals surface area contributed by atoms with E-state index in [1.165, 1.54) is 12.0 Å². The first-order valence-electron chi connectivity index (χ1n) is 8.75. The van der Waals surface area contributed by atoms with E-state index in [9.17, 15) is 10.1 Å². The zero-order valence-corrected chi connectivity index (χ0v) is 17.1. The maximum Gasteiger partial charge on any atom is 0.261 e. The summed E-state index contributed by atoms with van der Waals surface area (Å²) in [6.45, 7) is 4.10. The number of hydrogen-bond acceptors (Lipinski definition) is 5. The average Bonchev–Trinajstić information content (AvgIpc) is 2.96. The van der Waals surface area contributed by atoms with Crippen molar-refractivity contribution < 1.29 is 9.53 Å². The Bertz CT molecular complexity index is 943. The lowest BCUT2D eigenvalue weighted by Gasteiger charge is -2.17. The molecular formula is C20H21N3O2S2. The van der Waals surface area contributed by atoms with Crippen LogP contribution in [-0.2, 0) is 12.8 Å². The van der Waals surface area contributed by atoms with Gasteiger partial charge in [0.25, 0.3) is 5.91 Å². The van der Waals surface area contributed by atoms with Crippen LogP contribution in [0.3, 0.4) is 0 Å². The van der Waals surface area contributed by atoms with Crippen molar-refractivity contribution in [3.05, 3.63) is 45.3 Å². The number of fused-ring (bicyclic) bond motifs is 1. The molecule has 1 aromatic carbocycles. The van der Waals surface area contributed by atoms with Gasteiger partial charge in [0.1, 0.15) is 16.8 Å². The molecule has 1 atom stereocenters. The topological polar surface area (TPSA) is 74.2 Å². The first kappa shape index (κ1) is 19.3. The third kappa shape index (κ3) is 3.97. The summed E-state index contributed by atoms with van der Waals surface area (Å²) in [5.41, 5.74) is 3.06. The molecule has 1 aliphatic carbocycles. The number of benzene rings is 1. The van der Waals surface area contributed by atoms with Crippen LogP contribution in [0, 0.1) is 24.2 Å². The number of ether oxygens (including phenoxy) is 1. The highest BCUT2D eigenvalue weighted by atomic mass is 32.1. The predicted molar refractivity (Wildman–Crippen MR) is 112 cm³/mol. The van der Waals surface area contributed by atoms with Gasteiger partial charge in [0.2, 0.25) is 0 Å². The van der Waals surface area contributed by atoms with Gasteiger partial charge in [-0.3, -0.25) is 10.1 Å². The van der Waals surface area contributed by atoms with Crippen LogP contribution >= 0.6 is 23.6 Å². The van der Waals surface area contributed by atoms with Crippen molar-refractivity contribution in [2.24, 2.45) is 5.92 Å². The van der Waals surface area contributed by atoms with Crippen LogP contribution in [0.2, 0.25) is 0 Å². The summed E-state index contributed by atoms with van der Waals surface area (Å²) in [6.07, 6.45) is 2.99. The van der Waals surface area contributed by atoms with Crippen molar-refractivity contribution in [2.75, 3.05) is 12.4 Å². The molecule has 0 saturated heterocycles. The van der Waals surface area contributed by atoms with Gasteiger partial charge in [-0.1, -0.05) is 19.1 Å². The SMILES string of the molecule is COc1c(C)cccc1C(=O)NC(=S)Nc1sc2c(c1C#N)CC[C@@H](C)C2. The molecular weight excluding hydrogens is 378 g/mol. The van der Waals surface area contributed by atoms with Gasteiger partial charge in [0.05, 0.1) is 18.2 Å². The first-order valence-corrected chi connectivity index (χ1v) is 9.97. The van der Waals surface area contributed by atoms with Gasteiger partial charge in [-0.2, -0.15) is 5.26 Å². The van der Waals surface area contributed by atoms with Crippen molar-refractivity contribution >= 4 is 39.6 Å². The molecule has 3 rings (SSSR count). The van der Waals surface area contributed by atoms with E-state index in [4.69, 9.17) is 17.0 Å². The van der Waals surface area contributed by atoms with Crippen LogP contribution in [-0.4, -0.2) is 18.1 Å². The molecule has 5 nitrogen and oxygen atoms in total. The van der Waals surface area contributed by atoms with Crippen molar-refractivity contribution in [3.8, 4) is 11.8 Å². The number of carbonyl (C=O) groups is 1. The van der Waals surface area contributed by atoms with Gasteiger partial charge in [-0.25, -0.2) is 0 Å². The highest BCUT2D eigenvalue weighted by Gasteiger charge is 2.24. The second kappa shape index (κ2) is 8.07. The minimum absolute atomic E-state index is 0.173. The largest absolute Gasteiger partial charge is 0.496 e. The Morgan fingerprint density at radius 2 is 2.22 bits per heavy atom. The van der Waals surface area contributed by atoms with Crippen LogP contribution in [0.5, 0.6) is 5.75 Å². The van der Waals surface area contributed by atoms with E-state index < -0.39 is 0 Å². The van der Waals surface area contributed by atoms with Crippen LogP contribution in [0.4, 0.5) is 5.00 Å². The number of amides is 1. The number of thiophene rings is 1. The second-order valence-corrected chi connectivity index (χ2v) is 8.25. The maximum absolute atomic E-state index is 12.6. The van der Waals surface area contributed by atoms with Crippen molar-refractivity contribution in [2.45, 2.75) is 33.1 Å². The zero-order valence-electron chi connectivity index (χ0n) is 15.5. The fraction of sp³-hybridized carbons (Fsp3) is 0.350. The van der Waals surface area contributed by atoms with Gasteiger partial charge >= 0.3 is 0 Å². The minimum atomic E-state index is -0.346. The molecule has 7 heteroatoms. The summed E-state index contributed by atoms with van der Waals surface area (Å²) in [4.78, 5) is 13.8. The lowest BCUT2D eigenvalue weighted by atomic mass is 9.89. The number of aryl methyl sites for hydroxylation is 1. The molecule has 0 spiro atoms. The quantitative estimate of drug-likeness (QED) is 0.757. The maximum atomic E-state index is 12.6. The van der Waals surface area contributed by atoms with Gasteiger partial charge in [0, 0.05) is 4.88 Å². The Morgan fingerprint density at radius 3 is 2.93 bits per heavy atom. The molecule has 1 aromatic heterocycles. The molecule has 0 bridgehead atoms. The number of carbonyl (C=O) groups excluding carboxylic acids is 1. The van der Waals surface area contributed by atoms with Crippen LogP contribution in [0.25, 0.3) is 0 Å². The summed E-state index contributed by atoms with van der Waals surface area (Å²) in [5.74, 6) is 0.800. The first-order chi connectivity index (χ1) is 12.9. The van der Waals surface area contributed by atoms with E-state index in [0.717, 1.165) is 30.4 Å². The van der Waals surface area contributed by atoms with E-state index in [-0.39, 0.29) is 11.0 Å². The molecule has 0 saturated carbocycles. The second-order valence-electron chi connectivity index (χ2n) is 6.73. The van der Waals surface area contributed by atoms with Gasteiger partial charge < -0.3 is 10.1 Å². The molecule has 0 fully saturated rings. The predicted octanol–water partition coefficient (Wildman–Crippen LogP) is 4.19. The van der Waals surface area contributed by atoms with E-state index in [0.29, 0.717) is 27.8 Å². The molecule has 1 heterocycles. The standard InChI is InChI=1S/C20H21N3O2S2/c1-11-7-8-13-15(10-21)19(27-16(13)9-11)23-20(26)22-18(24)14-6-4-5-12(2)17(14)25-3/h4-6,11H,7-9H2,1-3H3,(H2,22,23,24,26)/t11-/m1/s1. The number of methoxy groups -OCH3 is 1. The van der Waals surface area contributed by atoms with E-state index in [1.54, 1.807) is 23.5 Å². The molecule has 0 unspecified atom stereocenters. The lowest BCUT2D eigenvalue weighted by molar-refractivity contribution is 0.0974. The zero-order chi connectivity index (χ0) is 19.6. The number of nitrogens with one attached hydrogen (secondary N) is 2. The fourth-order valence-corrected chi connectivity index (χ4v) is 4.99. The number of nitrogens with zero attached hydrogens (tertiary/aromatic N) is 1. The highest BCUT2D eigenvalue weighted by molar-refractivity contribution is 7.80. The molecule has 1 amide bonds. The number of hydrogen-bond donors (Lipinski definition) is 2. The molecule has 27 heavy (non-hydrogen) atoms. The normalized spacial score (nSPS) is 15.4. The Labute approximate surface area is 168 Å². The summed E-state index contributed by atoms with van der Waals surface area (Å²) >= 11 is 6.86. The average molecular weight is 400 g/mol. The molecule has 1 aliphatic rings. The Balaban J connectivity index is 1.76. The van der Waals surface area contributed by atoms with Crippen molar-refractivity contribution in [1.29, 1.82) is 5.26 Å². The third-order valence-electron chi connectivity index (χ3n) is 4.74. The third-order valence-corrected chi connectivity index (χ3v) is 6.11. The summed E-state index contributed by atoms with van der Waals surface area (Å²) < 4.78 is 5.33. The van der Waals surface area contributed by atoms with Crippen LogP contribution < -0.4 is 15.4 Å². The summed E-state index contributed by atoms with van der Waals surface area (Å²) in [6, 6.07) is 7.66. The smallest absolute Gasteiger partial charge is 0.261 e. The van der Waals surface area contributed by atoms with Gasteiger partial charge in [-0.05, 0) is 61.5 Å². The molecule has 2 N–H and O–H groups in total. The fourth-order valence-electron chi connectivity index (χ4n) is 3.36. The van der Waals surface area contributed by atoms with E-state index in [1.807, 2.05) is 13.0 Å². The number of rotatable bonds is 3. The number of para-hydroxylation sites is 1. The monoisotopic (exact) mass is 399 g/mol. The number of thiocarbonyl (C=S) groups is 1. The summed E-state index contributed by atoms with van der Waals surface area (Å²) in [5, 5.41) is 16.2. The van der Waals surface area contributed by atoms with Crippen LogP contribution in [0.1, 0.15) is 45.3 Å². The van der Waals surface area contributed by atoms with Gasteiger partial charge in [0.15, 0.2) is 5.11 Å². The molecule has 2 aromatic rings. The summed E-state index contributed by atoms with van der Waals surface area (Å²) in [7, 11) is 1.53.